The van der Waals surface area contributed by atoms with Crippen LogP contribution in [-0.4, -0.2) is 57.8 Å². The predicted octanol–water partition coefficient (Wildman–Crippen LogP) is 2.08. The van der Waals surface area contributed by atoms with Crippen LogP contribution in [0, 0.1) is 0 Å². The molecule has 3 heterocycles. The summed E-state index contributed by atoms with van der Waals surface area (Å²) in [7, 11) is 0. The van der Waals surface area contributed by atoms with Crippen molar-refractivity contribution in [2.24, 2.45) is 0 Å². The van der Waals surface area contributed by atoms with Gasteiger partial charge in [-0.2, -0.15) is 0 Å². The minimum atomic E-state index is -0.451. The number of carbonyl (C=O) groups excluding carboxylic acids is 1. The van der Waals surface area contributed by atoms with Crippen LogP contribution in [0.2, 0.25) is 0 Å². The first-order valence-electron chi connectivity index (χ1n) is 10.8. The van der Waals surface area contributed by atoms with Crippen molar-refractivity contribution >= 4 is 11.7 Å². The second-order valence-corrected chi connectivity index (χ2v) is 7.84. The number of carbonyl (C=O) groups is 1. The van der Waals surface area contributed by atoms with Gasteiger partial charge in [0.15, 0.2) is 11.5 Å². The van der Waals surface area contributed by atoms with Crippen LogP contribution in [0.5, 0.6) is 11.5 Å². The maximum atomic E-state index is 12.4. The van der Waals surface area contributed by atoms with Gasteiger partial charge in [-0.1, -0.05) is 18.6 Å². The number of fused-ring (bicyclic) bond motifs is 1. The molecule has 4 rings (SSSR count). The van der Waals surface area contributed by atoms with E-state index in [4.69, 9.17) is 14.2 Å². The number of aryl methyl sites for hydroxylation is 2. The molecule has 2 aliphatic rings. The van der Waals surface area contributed by atoms with Crippen molar-refractivity contribution in [3.8, 4) is 11.5 Å². The van der Waals surface area contributed by atoms with Crippen molar-refractivity contribution < 1.29 is 24.1 Å². The molecule has 10 heteroatoms. The molecule has 0 radical (unpaired) electrons. The summed E-state index contributed by atoms with van der Waals surface area (Å²) in [6.07, 6.45) is 5.79. The second kappa shape index (κ2) is 9.97. The van der Waals surface area contributed by atoms with E-state index in [9.17, 15) is 9.90 Å². The van der Waals surface area contributed by atoms with Crippen molar-refractivity contribution in [3.05, 3.63) is 30.1 Å². The van der Waals surface area contributed by atoms with Crippen LogP contribution < -0.4 is 20.1 Å². The maximum Gasteiger partial charge on any atom is 0.319 e. The molecule has 0 spiro atoms. The van der Waals surface area contributed by atoms with Gasteiger partial charge in [0.25, 0.3) is 0 Å². The highest BCUT2D eigenvalue weighted by Gasteiger charge is 2.32. The lowest BCUT2D eigenvalue weighted by atomic mass is 9.97. The van der Waals surface area contributed by atoms with E-state index in [2.05, 4.69) is 27.9 Å². The molecular formula is C21H29N5O5. The Morgan fingerprint density at radius 2 is 2.16 bits per heavy atom. The quantitative estimate of drug-likeness (QED) is 0.585. The number of nitrogens with one attached hydrogen (secondary N) is 2. The predicted molar refractivity (Wildman–Crippen MR) is 112 cm³/mol. The van der Waals surface area contributed by atoms with Gasteiger partial charge in [0.1, 0.15) is 6.10 Å². The van der Waals surface area contributed by atoms with E-state index in [1.807, 2.05) is 10.9 Å². The Morgan fingerprint density at radius 3 is 3.00 bits per heavy atom. The number of hydrogen-bond donors (Lipinski definition) is 3. The minimum absolute atomic E-state index is 0.00551. The molecule has 1 aromatic heterocycles. The molecule has 1 fully saturated rings. The molecule has 1 aromatic carbocycles. The smallest absolute Gasteiger partial charge is 0.319 e. The summed E-state index contributed by atoms with van der Waals surface area (Å²) in [5, 5.41) is 23.8. The van der Waals surface area contributed by atoms with Crippen molar-refractivity contribution in [3.63, 3.8) is 0 Å². The Labute approximate surface area is 180 Å². The minimum Gasteiger partial charge on any atom is -0.454 e. The van der Waals surface area contributed by atoms with E-state index in [1.54, 1.807) is 18.2 Å². The fourth-order valence-electron chi connectivity index (χ4n) is 3.91. The number of anilines is 1. The van der Waals surface area contributed by atoms with Gasteiger partial charge in [0.05, 0.1) is 24.4 Å². The van der Waals surface area contributed by atoms with Gasteiger partial charge in [-0.3, -0.25) is 4.68 Å². The summed E-state index contributed by atoms with van der Waals surface area (Å²) >= 11 is 0. The van der Waals surface area contributed by atoms with E-state index in [1.165, 1.54) is 0 Å². The van der Waals surface area contributed by atoms with Crippen LogP contribution >= 0.6 is 0 Å². The Morgan fingerprint density at radius 1 is 1.29 bits per heavy atom. The second-order valence-electron chi connectivity index (χ2n) is 7.84. The van der Waals surface area contributed by atoms with Crippen molar-refractivity contribution in [2.75, 3.05) is 18.7 Å². The number of benzene rings is 1. The Kier molecular flexibility index (Phi) is 6.88. The first-order chi connectivity index (χ1) is 15.1. The van der Waals surface area contributed by atoms with Crippen LogP contribution in [0.4, 0.5) is 10.5 Å². The lowest BCUT2D eigenvalue weighted by Crippen LogP contribution is -2.52. The topological polar surface area (TPSA) is 120 Å². The molecule has 0 aliphatic carbocycles. The number of aromatic nitrogens is 3. The highest BCUT2D eigenvalue weighted by molar-refractivity contribution is 5.90. The van der Waals surface area contributed by atoms with Gasteiger partial charge < -0.3 is 30.0 Å². The lowest BCUT2D eigenvalue weighted by Gasteiger charge is -2.36. The summed E-state index contributed by atoms with van der Waals surface area (Å²) in [6, 6.07) is 4.60. The molecule has 31 heavy (non-hydrogen) atoms. The Hall–Kier alpha value is -2.85. The van der Waals surface area contributed by atoms with Crippen LogP contribution in [0.25, 0.3) is 0 Å². The van der Waals surface area contributed by atoms with Gasteiger partial charge in [-0.25, -0.2) is 4.79 Å². The van der Waals surface area contributed by atoms with E-state index >= 15 is 0 Å². The van der Waals surface area contributed by atoms with Crippen molar-refractivity contribution in [1.29, 1.82) is 0 Å². The van der Waals surface area contributed by atoms with E-state index in [0.717, 1.165) is 37.8 Å². The zero-order valence-corrected chi connectivity index (χ0v) is 17.6. The first kappa shape index (κ1) is 21.4. The Balaban J connectivity index is 1.24. The molecule has 3 N–H and O–H groups in total. The number of rotatable bonds is 8. The number of nitrogens with zero attached hydrogens (tertiary/aromatic N) is 3. The monoisotopic (exact) mass is 431 g/mol. The van der Waals surface area contributed by atoms with Crippen molar-refractivity contribution in [2.45, 2.75) is 63.8 Å². The largest absolute Gasteiger partial charge is 0.454 e. The van der Waals surface area contributed by atoms with Crippen LogP contribution in [-0.2, 0) is 17.7 Å². The molecule has 0 unspecified atom stereocenters. The summed E-state index contributed by atoms with van der Waals surface area (Å²) in [5.74, 6) is 1.26. The standard InChI is InChI=1S/C21H29N5O5/c1-2-3-15-11-26(25-24-15)9-8-16-5-6-17(20(12-27)31-16)23-21(28)22-14-4-7-18-19(10-14)30-13-29-18/h4,7,10-11,16-17,20,27H,2-3,5-6,8-9,12-13H2,1H3,(H2,22,23,28)/t16-,17-,20+/m1/s1. The van der Waals surface area contributed by atoms with Gasteiger partial charge in [0.2, 0.25) is 6.79 Å². The van der Waals surface area contributed by atoms with Gasteiger partial charge in [-0.15, -0.1) is 5.10 Å². The highest BCUT2D eigenvalue weighted by atomic mass is 16.7. The van der Waals surface area contributed by atoms with Crippen molar-refractivity contribution in [1.82, 2.24) is 20.3 Å². The van der Waals surface area contributed by atoms with Gasteiger partial charge in [0, 0.05) is 24.5 Å². The number of aliphatic hydroxyl groups excluding tert-OH is 1. The number of urea groups is 1. The Bertz CT molecular complexity index is 889. The maximum absolute atomic E-state index is 12.4. The molecule has 10 nitrogen and oxygen atoms in total. The molecule has 168 valence electrons. The SMILES string of the molecule is CCCc1cn(CC[C@H]2CC[C@@H](NC(=O)Nc3ccc4c(c3)OCO4)[C@H](CO)O2)nn1. The van der Waals surface area contributed by atoms with Crippen LogP contribution in [0.1, 0.15) is 38.3 Å². The fraction of sp³-hybridized carbons (Fsp3) is 0.571. The van der Waals surface area contributed by atoms with E-state index in [0.29, 0.717) is 23.7 Å². The molecule has 2 aliphatic heterocycles. The molecule has 1 saturated heterocycles. The summed E-state index contributed by atoms with van der Waals surface area (Å²) < 4.78 is 18.5. The molecule has 0 saturated carbocycles. The third kappa shape index (κ3) is 5.45. The van der Waals surface area contributed by atoms with Gasteiger partial charge in [-0.05, 0) is 37.8 Å². The average Bonchev–Trinajstić information content (AvgIpc) is 3.42. The van der Waals surface area contributed by atoms with E-state index < -0.39 is 6.10 Å². The number of aliphatic hydroxyl groups is 1. The molecule has 2 amide bonds. The zero-order valence-electron chi connectivity index (χ0n) is 17.6. The number of hydrogen-bond acceptors (Lipinski definition) is 7. The summed E-state index contributed by atoms with van der Waals surface area (Å²) in [5.41, 5.74) is 1.60. The third-order valence-electron chi connectivity index (χ3n) is 5.51. The summed E-state index contributed by atoms with van der Waals surface area (Å²) in [4.78, 5) is 12.4. The molecular weight excluding hydrogens is 402 g/mol. The molecule has 3 atom stereocenters. The number of amides is 2. The van der Waals surface area contributed by atoms with Gasteiger partial charge >= 0.3 is 6.03 Å². The van der Waals surface area contributed by atoms with E-state index in [-0.39, 0.29) is 31.6 Å². The number of ether oxygens (including phenoxy) is 3. The summed E-state index contributed by atoms with van der Waals surface area (Å²) in [6.45, 7) is 2.85. The fourth-order valence-corrected chi connectivity index (χ4v) is 3.91. The normalized spacial score (nSPS) is 22.3. The van der Waals surface area contributed by atoms with Crippen LogP contribution in [0.15, 0.2) is 24.4 Å². The lowest BCUT2D eigenvalue weighted by molar-refractivity contribution is -0.0905. The first-order valence-corrected chi connectivity index (χ1v) is 10.8. The highest BCUT2D eigenvalue weighted by Crippen LogP contribution is 2.34. The zero-order chi connectivity index (χ0) is 21.6. The average molecular weight is 431 g/mol. The third-order valence-corrected chi connectivity index (χ3v) is 5.51. The molecule has 2 aromatic rings. The molecule has 0 bridgehead atoms. The van der Waals surface area contributed by atoms with Crippen LogP contribution in [0.3, 0.4) is 0 Å².